The van der Waals surface area contributed by atoms with Crippen LogP contribution in [0.4, 0.5) is 0 Å². The summed E-state index contributed by atoms with van der Waals surface area (Å²) in [4.78, 5) is 23.9. The summed E-state index contributed by atoms with van der Waals surface area (Å²) in [5.74, 6) is -0.868. The van der Waals surface area contributed by atoms with E-state index in [2.05, 4.69) is 31.4 Å². The molecule has 0 saturated heterocycles. The number of nitrogens with zero attached hydrogens (tertiary/aromatic N) is 1. The fourth-order valence-corrected chi connectivity index (χ4v) is 2.28. The summed E-state index contributed by atoms with van der Waals surface area (Å²) >= 11 is 3.37. The van der Waals surface area contributed by atoms with Crippen molar-refractivity contribution >= 4 is 27.8 Å². The molecule has 1 aromatic carbocycles. The van der Waals surface area contributed by atoms with Gasteiger partial charge in [-0.1, -0.05) is 28.1 Å². The molecule has 23 heavy (non-hydrogen) atoms. The van der Waals surface area contributed by atoms with Crippen LogP contribution in [0.3, 0.4) is 0 Å². The second-order valence-electron chi connectivity index (χ2n) is 5.50. The highest BCUT2D eigenvalue weighted by Gasteiger charge is 2.27. The summed E-state index contributed by atoms with van der Waals surface area (Å²) in [6, 6.07) is 9.41. The lowest BCUT2D eigenvalue weighted by atomic mass is 10.1. The maximum atomic E-state index is 12.1. The number of halogens is 1. The highest BCUT2D eigenvalue weighted by molar-refractivity contribution is 9.10. The molecule has 1 unspecified atom stereocenters. The molecular formula is C16H16BrN3O3. The number of carbonyl (C=O) groups excluding carboxylic acids is 2. The molecule has 2 aromatic rings. The molecule has 0 spiro atoms. The van der Waals surface area contributed by atoms with E-state index in [1.807, 2.05) is 24.3 Å². The van der Waals surface area contributed by atoms with Gasteiger partial charge in [0.1, 0.15) is 5.69 Å². The van der Waals surface area contributed by atoms with E-state index in [0.717, 1.165) is 22.9 Å². The lowest BCUT2D eigenvalue weighted by molar-refractivity contribution is -0.129. The predicted molar refractivity (Wildman–Crippen MR) is 87.8 cm³/mol. The number of rotatable bonds is 5. The Kier molecular flexibility index (Phi) is 4.47. The van der Waals surface area contributed by atoms with Crippen molar-refractivity contribution in [3.63, 3.8) is 0 Å². The normalized spacial score (nSPS) is 15.0. The lowest BCUT2D eigenvalue weighted by Gasteiger charge is -2.12. The molecule has 120 valence electrons. The quantitative estimate of drug-likeness (QED) is 0.784. The van der Waals surface area contributed by atoms with Gasteiger partial charge >= 0.3 is 5.97 Å². The molecular weight excluding hydrogens is 362 g/mol. The average molecular weight is 378 g/mol. The van der Waals surface area contributed by atoms with Gasteiger partial charge in [-0.3, -0.25) is 9.89 Å². The summed E-state index contributed by atoms with van der Waals surface area (Å²) in [5, 5.41) is 9.55. The fourth-order valence-electron chi connectivity index (χ4n) is 2.02. The van der Waals surface area contributed by atoms with Gasteiger partial charge in [0.2, 0.25) is 0 Å². The van der Waals surface area contributed by atoms with Gasteiger partial charge in [-0.25, -0.2) is 4.79 Å². The fraction of sp³-hybridized carbons (Fsp3) is 0.312. The molecule has 2 N–H and O–H groups in total. The molecule has 0 aliphatic heterocycles. The van der Waals surface area contributed by atoms with Crippen molar-refractivity contribution in [2.75, 3.05) is 0 Å². The van der Waals surface area contributed by atoms with Crippen LogP contribution in [0, 0.1) is 0 Å². The average Bonchev–Trinajstić information content (AvgIpc) is 3.20. The highest BCUT2D eigenvalue weighted by Crippen LogP contribution is 2.21. The van der Waals surface area contributed by atoms with Crippen LogP contribution in [0.1, 0.15) is 30.3 Å². The maximum Gasteiger partial charge on any atom is 0.357 e. The van der Waals surface area contributed by atoms with Crippen molar-refractivity contribution in [2.45, 2.75) is 31.9 Å². The third-order valence-corrected chi connectivity index (χ3v) is 4.04. The number of amides is 1. The van der Waals surface area contributed by atoms with Crippen LogP contribution in [-0.2, 0) is 9.53 Å². The van der Waals surface area contributed by atoms with Gasteiger partial charge in [0.05, 0.1) is 5.69 Å². The molecule has 1 aromatic heterocycles. The first-order valence-corrected chi connectivity index (χ1v) is 8.15. The van der Waals surface area contributed by atoms with Crippen LogP contribution < -0.4 is 5.32 Å². The number of aromatic amines is 1. The Labute approximate surface area is 141 Å². The minimum atomic E-state index is -0.831. The van der Waals surface area contributed by atoms with Crippen LogP contribution in [0.25, 0.3) is 11.3 Å². The number of hydrogen-bond acceptors (Lipinski definition) is 4. The number of ether oxygens (including phenoxy) is 1. The molecule has 3 rings (SSSR count). The highest BCUT2D eigenvalue weighted by atomic mass is 79.9. The first kappa shape index (κ1) is 15.7. The zero-order valence-corrected chi connectivity index (χ0v) is 14.1. The van der Waals surface area contributed by atoms with E-state index >= 15 is 0 Å². The minimum Gasteiger partial charge on any atom is -0.448 e. The SMILES string of the molecule is CC(OC(=O)c1cc(-c2ccc(Br)cc2)n[nH]1)C(=O)NC1CC1. The molecule has 1 fully saturated rings. The Morgan fingerprint density at radius 2 is 2.04 bits per heavy atom. The molecule has 1 aliphatic carbocycles. The van der Waals surface area contributed by atoms with Gasteiger partial charge < -0.3 is 10.1 Å². The molecule has 7 heteroatoms. The zero-order chi connectivity index (χ0) is 16.4. The zero-order valence-electron chi connectivity index (χ0n) is 12.5. The molecule has 0 radical (unpaired) electrons. The number of H-pyrrole nitrogens is 1. The molecule has 1 atom stereocenters. The van der Waals surface area contributed by atoms with Crippen molar-refractivity contribution in [3.8, 4) is 11.3 Å². The Hall–Kier alpha value is -2.15. The van der Waals surface area contributed by atoms with Gasteiger partial charge in [0, 0.05) is 16.1 Å². The molecule has 1 heterocycles. The first-order valence-electron chi connectivity index (χ1n) is 7.35. The standard InChI is InChI=1S/C16H16BrN3O3/c1-9(15(21)18-12-6-7-12)23-16(22)14-8-13(19-20-14)10-2-4-11(17)5-3-10/h2-5,8-9,12H,6-7H2,1H3,(H,18,21)(H,19,20). The third-order valence-electron chi connectivity index (χ3n) is 3.51. The van der Waals surface area contributed by atoms with E-state index in [4.69, 9.17) is 4.74 Å². The summed E-state index contributed by atoms with van der Waals surface area (Å²) in [7, 11) is 0. The summed E-state index contributed by atoms with van der Waals surface area (Å²) in [6.07, 6.45) is 1.15. The summed E-state index contributed by atoms with van der Waals surface area (Å²) in [6.45, 7) is 1.56. The van der Waals surface area contributed by atoms with Crippen molar-refractivity contribution in [2.24, 2.45) is 0 Å². The molecule has 0 bridgehead atoms. The second-order valence-corrected chi connectivity index (χ2v) is 6.42. The van der Waals surface area contributed by atoms with E-state index in [9.17, 15) is 9.59 Å². The Bertz CT molecular complexity index is 722. The third kappa shape index (κ3) is 3.98. The van der Waals surface area contributed by atoms with Crippen molar-refractivity contribution in [3.05, 3.63) is 40.5 Å². The lowest BCUT2D eigenvalue weighted by Crippen LogP contribution is -2.37. The number of esters is 1. The number of hydrogen-bond donors (Lipinski definition) is 2. The smallest absolute Gasteiger partial charge is 0.357 e. The van der Waals surface area contributed by atoms with Crippen LogP contribution in [0.5, 0.6) is 0 Å². The molecule has 1 saturated carbocycles. The minimum absolute atomic E-state index is 0.217. The first-order chi connectivity index (χ1) is 11.0. The van der Waals surface area contributed by atoms with Crippen molar-refractivity contribution in [1.82, 2.24) is 15.5 Å². The van der Waals surface area contributed by atoms with E-state index in [-0.39, 0.29) is 17.6 Å². The number of carbonyl (C=O) groups is 2. The van der Waals surface area contributed by atoms with Crippen LogP contribution in [0.15, 0.2) is 34.8 Å². The van der Waals surface area contributed by atoms with Gasteiger partial charge in [0.25, 0.3) is 5.91 Å². The topological polar surface area (TPSA) is 84.1 Å². The largest absolute Gasteiger partial charge is 0.448 e. The summed E-state index contributed by atoms with van der Waals surface area (Å²) in [5.41, 5.74) is 1.73. The van der Waals surface area contributed by atoms with Gasteiger partial charge in [-0.2, -0.15) is 5.10 Å². The Balaban J connectivity index is 1.63. The molecule has 1 amide bonds. The van der Waals surface area contributed by atoms with Crippen LogP contribution >= 0.6 is 15.9 Å². The van der Waals surface area contributed by atoms with Crippen molar-refractivity contribution < 1.29 is 14.3 Å². The number of benzene rings is 1. The second kappa shape index (κ2) is 6.54. The van der Waals surface area contributed by atoms with E-state index < -0.39 is 12.1 Å². The Morgan fingerprint density at radius 1 is 1.35 bits per heavy atom. The molecule has 6 nitrogen and oxygen atoms in total. The predicted octanol–water partition coefficient (Wildman–Crippen LogP) is 2.66. The van der Waals surface area contributed by atoms with Crippen LogP contribution in [-0.4, -0.2) is 34.2 Å². The molecule has 1 aliphatic rings. The van der Waals surface area contributed by atoms with Gasteiger partial charge in [-0.15, -0.1) is 0 Å². The summed E-state index contributed by atoms with van der Waals surface area (Å²) < 4.78 is 6.13. The van der Waals surface area contributed by atoms with Gasteiger partial charge in [-0.05, 0) is 38.0 Å². The van der Waals surface area contributed by atoms with E-state index in [0.29, 0.717) is 5.69 Å². The van der Waals surface area contributed by atoms with Crippen LogP contribution in [0.2, 0.25) is 0 Å². The maximum absolute atomic E-state index is 12.1. The van der Waals surface area contributed by atoms with E-state index in [1.54, 1.807) is 13.0 Å². The van der Waals surface area contributed by atoms with Gasteiger partial charge in [0.15, 0.2) is 6.10 Å². The number of aromatic nitrogens is 2. The Morgan fingerprint density at radius 3 is 2.70 bits per heavy atom. The van der Waals surface area contributed by atoms with E-state index in [1.165, 1.54) is 0 Å². The van der Waals surface area contributed by atoms with Crippen molar-refractivity contribution in [1.29, 1.82) is 0 Å². The monoisotopic (exact) mass is 377 g/mol. The number of nitrogens with one attached hydrogen (secondary N) is 2.